The molecule has 0 saturated heterocycles. The lowest BCUT2D eigenvalue weighted by molar-refractivity contribution is 0.0276. The van der Waals surface area contributed by atoms with Crippen LogP contribution >= 0.6 is 11.8 Å². The summed E-state index contributed by atoms with van der Waals surface area (Å²) in [6.45, 7) is 3.42. The third kappa shape index (κ3) is 4.73. The Morgan fingerprint density at radius 2 is 2.00 bits per heavy atom. The molecule has 4 rings (SSSR count). The zero-order valence-corrected chi connectivity index (χ0v) is 18.1. The first-order valence-electron chi connectivity index (χ1n) is 9.58. The second-order valence-electron chi connectivity index (χ2n) is 7.50. The molecule has 0 bridgehead atoms. The summed E-state index contributed by atoms with van der Waals surface area (Å²) in [7, 11) is 1.52. The highest BCUT2D eigenvalue weighted by Crippen LogP contribution is 2.30. The molecular weight excluding hydrogens is 416 g/mol. The van der Waals surface area contributed by atoms with E-state index in [9.17, 15) is 9.90 Å². The number of hydrogen-bond acceptors (Lipinski definition) is 7. The van der Waals surface area contributed by atoms with Gasteiger partial charge in [0.05, 0.1) is 29.4 Å². The highest BCUT2D eigenvalue weighted by atomic mass is 32.2. The van der Waals surface area contributed by atoms with Gasteiger partial charge in [0.15, 0.2) is 21.7 Å². The van der Waals surface area contributed by atoms with Crippen molar-refractivity contribution < 1.29 is 14.6 Å². The van der Waals surface area contributed by atoms with E-state index in [1.807, 2.05) is 24.3 Å². The number of ether oxygens (including phenoxy) is 2. The van der Waals surface area contributed by atoms with Gasteiger partial charge in [-0.2, -0.15) is 0 Å². The van der Waals surface area contributed by atoms with Gasteiger partial charge in [-0.15, -0.1) is 0 Å². The zero-order chi connectivity index (χ0) is 22.0. The first-order valence-corrected chi connectivity index (χ1v) is 10.4. The SMILES string of the molecule is COc1cc(-n2ccnc(Sc3nc4ccccc4[nH]3)c2=O)ccc1OCC(C)(C)O. The predicted octanol–water partition coefficient (Wildman–Crippen LogP) is 3.42. The molecule has 0 spiro atoms. The van der Waals surface area contributed by atoms with Crippen LogP contribution in [0.2, 0.25) is 0 Å². The van der Waals surface area contributed by atoms with Crippen LogP contribution in [0.5, 0.6) is 11.5 Å². The van der Waals surface area contributed by atoms with Crippen LogP contribution in [-0.2, 0) is 0 Å². The van der Waals surface area contributed by atoms with Gasteiger partial charge >= 0.3 is 0 Å². The summed E-state index contributed by atoms with van der Waals surface area (Å²) < 4.78 is 12.6. The number of nitrogens with zero attached hydrogens (tertiary/aromatic N) is 3. The van der Waals surface area contributed by atoms with Crippen molar-refractivity contribution in [1.29, 1.82) is 0 Å². The molecule has 0 aliphatic rings. The molecule has 0 saturated carbocycles. The Balaban J connectivity index is 1.63. The van der Waals surface area contributed by atoms with E-state index >= 15 is 0 Å². The lowest BCUT2D eigenvalue weighted by Gasteiger charge is -2.19. The van der Waals surface area contributed by atoms with Gasteiger partial charge < -0.3 is 19.6 Å². The normalized spacial score (nSPS) is 11.6. The van der Waals surface area contributed by atoms with E-state index in [-0.39, 0.29) is 12.2 Å². The maximum atomic E-state index is 13.1. The molecule has 0 atom stereocenters. The van der Waals surface area contributed by atoms with Crippen LogP contribution in [0, 0.1) is 0 Å². The highest BCUT2D eigenvalue weighted by Gasteiger charge is 2.17. The van der Waals surface area contributed by atoms with E-state index in [0.29, 0.717) is 27.4 Å². The molecule has 0 amide bonds. The number of nitrogens with one attached hydrogen (secondary N) is 1. The minimum Gasteiger partial charge on any atom is -0.493 e. The summed E-state index contributed by atoms with van der Waals surface area (Å²) in [5.41, 5.74) is 1.07. The number of methoxy groups -OCH3 is 1. The Morgan fingerprint density at radius 3 is 2.74 bits per heavy atom. The third-order valence-electron chi connectivity index (χ3n) is 4.38. The summed E-state index contributed by atoms with van der Waals surface area (Å²) >= 11 is 1.18. The Bertz CT molecular complexity index is 1240. The molecular formula is C22H22N4O4S. The Morgan fingerprint density at radius 1 is 1.19 bits per heavy atom. The second-order valence-corrected chi connectivity index (χ2v) is 8.48. The molecule has 31 heavy (non-hydrogen) atoms. The first-order chi connectivity index (χ1) is 14.8. The van der Waals surface area contributed by atoms with E-state index in [0.717, 1.165) is 11.0 Å². The van der Waals surface area contributed by atoms with Crippen molar-refractivity contribution in [3.63, 3.8) is 0 Å². The zero-order valence-electron chi connectivity index (χ0n) is 17.3. The van der Waals surface area contributed by atoms with Crippen LogP contribution in [0.1, 0.15) is 13.8 Å². The molecule has 2 aromatic heterocycles. The van der Waals surface area contributed by atoms with Gasteiger partial charge in [-0.3, -0.25) is 9.36 Å². The maximum absolute atomic E-state index is 13.1. The smallest absolute Gasteiger partial charge is 0.288 e. The Kier molecular flexibility index (Phi) is 5.71. The second kappa shape index (κ2) is 8.44. The predicted molar refractivity (Wildman–Crippen MR) is 118 cm³/mol. The van der Waals surface area contributed by atoms with E-state index in [1.165, 1.54) is 23.4 Å². The van der Waals surface area contributed by atoms with Crippen LogP contribution in [0.25, 0.3) is 16.7 Å². The fourth-order valence-electron chi connectivity index (χ4n) is 2.92. The van der Waals surface area contributed by atoms with E-state index in [1.54, 1.807) is 44.4 Å². The summed E-state index contributed by atoms with van der Waals surface area (Å²) in [5.74, 6) is 0.935. The van der Waals surface area contributed by atoms with Gasteiger partial charge in [0.2, 0.25) is 0 Å². The largest absolute Gasteiger partial charge is 0.493 e. The highest BCUT2D eigenvalue weighted by molar-refractivity contribution is 7.99. The Hall–Kier alpha value is -3.30. The molecule has 2 heterocycles. The average molecular weight is 439 g/mol. The molecule has 0 aliphatic heterocycles. The molecule has 0 radical (unpaired) electrons. The molecule has 0 unspecified atom stereocenters. The molecule has 160 valence electrons. The van der Waals surface area contributed by atoms with Crippen LogP contribution in [0.3, 0.4) is 0 Å². The summed E-state index contributed by atoms with van der Waals surface area (Å²) in [5, 5.41) is 10.8. The summed E-state index contributed by atoms with van der Waals surface area (Å²) in [6, 6.07) is 12.8. The van der Waals surface area contributed by atoms with Crippen molar-refractivity contribution in [2.45, 2.75) is 29.6 Å². The van der Waals surface area contributed by atoms with Crippen molar-refractivity contribution in [3.8, 4) is 17.2 Å². The van der Waals surface area contributed by atoms with E-state index in [2.05, 4.69) is 15.0 Å². The number of fused-ring (bicyclic) bond motifs is 1. The number of H-pyrrole nitrogens is 1. The van der Waals surface area contributed by atoms with Gasteiger partial charge in [0.1, 0.15) is 6.61 Å². The number of aromatic amines is 1. The monoisotopic (exact) mass is 438 g/mol. The molecule has 4 aromatic rings. The summed E-state index contributed by atoms with van der Waals surface area (Å²) in [6.07, 6.45) is 3.16. The molecule has 0 fully saturated rings. The molecule has 9 heteroatoms. The van der Waals surface area contributed by atoms with Gasteiger partial charge in [-0.1, -0.05) is 12.1 Å². The average Bonchev–Trinajstić information content (AvgIpc) is 3.15. The minimum absolute atomic E-state index is 0.107. The molecule has 2 aromatic carbocycles. The molecule has 0 aliphatic carbocycles. The quantitative estimate of drug-likeness (QED) is 0.456. The lowest BCUT2D eigenvalue weighted by Crippen LogP contribution is -2.28. The van der Waals surface area contributed by atoms with Crippen molar-refractivity contribution in [3.05, 3.63) is 65.2 Å². The number of aromatic nitrogens is 4. The lowest BCUT2D eigenvalue weighted by atomic mass is 10.2. The van der Waals surface area contributed by atoms with Gasteiger partial charge in [0, 0.05) is 18.5 Å². The first kappa shape index (κ1) is 21.0. The van der Waals surface area contributed by atoms with Crippen molar-refractivity contribution in [2.24, 2.45) is 0 Å². The van der Waals surface area contributed by atoms with Gasteiger partial charge in [-0.05, 0) is 49.9 Å². The standard InChI is InChI=1S/C22H22N4O4S/c1-22(2,28)13-30-17-9-8-14(12-18(17)29-3)26-11-10-23-19(20(26)27)31-21-24-15-6-4-5-7-16(15)25-21/h4-12,28H,13H2,1-3H3,(H,24,25). The van der Waals surface area contributed by atoms with Gasteiger partial charge in [-0.25, -0.2) is 9.97 Å². The Labute approximate surface area is 182 Å². The van der Waals surface area contributed by atoms with Crippen LogP contribution in [0.15, 0.2) is 69.8 Å². The van der Waals surface area contributed by atoms with E-state index in [4.69, 9.17) is 9.47 Å². The van der Waals surface area contributed by atoms with Crippen LogP contribution in [0.4, 0.5) is 0 Å². The number of benzene rings is 2. The van der Waals surface area contributed by atoms with Crippen molar-refractivity contribution >= 4 is 22.8 Å². The fourth-order valence-corrected chi connectivity index (χ4v) is 3.70. The molecule has 8 nitrogen and oxygen atoms in total. The number of aliphatic hydroxyl groups is 1. The van der Waals surface area contributed by atoms with Crippen LogP contribution < -0.4 is 15.0 Å². The topological polar surface area (TPSA) is 102 Å². The van der Waals surface area contributed by atoms with Crippen LogP contribution in [-0.4, -0.2) is 43.9 Å². The number of hydrogen-bond donors (Lipinski definition) is 2. The van der Waals surface area contributed by atoms with Crippen molar-refractivity contribution in [1.82, 2.24) is 19.5 Å². The maximum Gasteiger partial charge on any atom is 0.288 e. The number of imidazole rings is 1. The number of para-hydroxylation sites is 2. The van der Waals surface area contributed by atoms with E-state index < -0.39 is 5.60 Å². The molecule has 2 N–H and O–H groups in total. The number of rotatable bonds is 7. The minimum atomic E-state index is -0.978. The fraction of sp³-hybridized carbons (Fsp3) is 0.227. The third-order valence-corrected chi connectivity index (χ3v) is 5.24. The van der Waals surface area contributed by atoms with Crippen molar-refractivity contribution in [2.75, 3.05) is 13.7 Å². The summed E-state index contributed by atoms with van der Waals surface area (Å²) in [4.78, 5) is 25.0. The van der Waals surface area contributed by atoms with Gasteiger partial charge in [0.25, 0.3) is 5.56 Å².